The summed E-state index contributed by atoms with van der Waals surface area (Å²) < 4.78 is 10.2. The Bertz CT molecular complexity index is 91.1. The van der Waals surface area contributed by atoms with Gasteiger partial charge in [-0.3, -0.25) is 11.3 Å². The van der Waals surface area contributed by atoms with Crippen LogP contribution in [0.3, 0.4) is 0 Å². The average molecular weight is 176 g/mol. The Morgan fingerprint density at radius 1 is 1.50 bits per heavy atom. The first-order chi connectivity index (χ1) is 5.85. The molecule has 0 bridgehead atoms. The number of ether oxygens (including phenoxy) is 2. The molecule has 0 saturated heterocycles. The SMILES string of the molecule is CCOCC(CCCOC)NN. The fourth-order valence-electron chi connectivity index (χ4n) is 0.949. The van der Waals surface area contributed by atoms with Gasteiger partial charge in [0.15, 0.2) is 0 Å². The standard InChI is InChI=1S/C8H20N2O2/c1-3-12-7-8(10-9)5-4-6-11-2/h8,10H,3-7,9H2,1-2H3. The second-order valence-electron chi connectivity index (χ2n) is 2.66. The Balaban J connectivity index is 3.26. The van der Waals surface area contributed by atoms with E-state index in [9.17, 15) is 0 Å². The summed E-state index contributed by atoms with van der Waals surface area (Å²) >= 11 is 0. The zero-order valence-corrected chi connectivity index (χ0v) is 8.01. The Morgan fingerprint density at radius 2 is 2.25 bits per heavy atom. The van der Waals surface area contributed by atoms with Crippen LogP contribution >= 0.6 is 0 Å². The van der Waals surface area contributed by atoms with E-state index in [-0.39, 0.29) is 6.04 Å². The van der Waals surface area contributed by atoms with Gasteiger partial charge in [0.2, 0.25) is 0 Å². The van der Waals surface area contributed by atoms with Crippen LogP contribution in [0.15, 0.2) is 0 Å². The van der Waals surface area contributed by atoms with Crippen LogP contribution in [0.25, 0.3) is 0 Å². The summed E-state index contributed by atoms with van der Waals surface area (Å²) in [6.07, 6.45) is 2.00. The number of nitrogens with two attached hydrogens (primary N) is 1. The van der Waals surface area contributed by atoms with E-state index in [1.165, 1.54) is 0 Å². The van der Waals surface area contributed by atoms with Crippen molar-refractivity contribution in [1.82, 2.24) is 5.43 Å². The van der Waals surface area contributed by atoms with Crippen molar-refractivity contribution in [3.63, 3.8) is 0 Å². The number of rotatable bonds is 8. The van der Waals surface area contributed by atoms with E-state index in [0.29, 0.717) is 6.61 Å². The molecule has 0 heterocycles. The number of hydrogen-bond acceptors (Lipinski definition) is 4. The smallest absolute Gasteiger partial charge is 0.0632 e. The summed E-state index contributed by atoms with van der Waals surface area (Å²) in [4.78, 5) is 0. The van der Waals surface area contributed by atoms with Crippen LogP contribution in [0, 0.1) is 0 Å². The molecule has 0 aliphatic rings. The third-order valence-electron chi connectivity index (χ3n) is 1.66. The third-order valence-corrected chi connectivity index (χ3v) is 1.66. The minimum atomic E-state index is 0.250. The molecule has 0 rings (SSSR count). The fraction of sp³-hybridized carbons (Fsp3) is 1.00. The highest BCUT2D eigenvalue weighted by Crippen LogP contribution is 1.97. The van der Waals surface area contributed by atoms with Gasteiger partial charge in [-0.05, 0) is 19.8 Å². The molecule has 0 radical (unpaired) electrons. The summed E-state index contributed by atoms with van der Waals surface area (Å²) in [6, 6.07) is 0.250. The molecule has 0 aromatic heterocycles. The van der Waals surface area contributed by atoms with Crippen LogP contribution in [-0.4, -0.2) is 33.0 Å². The van der Waals surface area contributed by atoms with Gasteiger partial charge in [0.25, 0.3) is 0 Å². The first-order valence-corrected chi connectivity index (χ1v) is 4.38. The van der Waals surface area contributed by atoms with Crippen LogP contribution in [0.2, 0.25) is 0 Å². The first kappa shape index (κ1) is 11.8. The number of hydrazine groups is 1. The molecule has 1 atom stereocenters. The largest absolute Gasteiger partial charge is 0.385 e. The van der Waals surface area contributed by atoms with Gasteiger partial charge in [0, 0.05) is 26.4 Å². The highest BCUT2D eigenvalue weighted by molar-refractivity contribution is 4.61. The lowest BCUT2D eigenvalue weighted by Gasteiger charge is -2.14. The lowest BCUT2D eigenvalue weighted by molar-refractivity contribution is 0.114. The Hall–Kier alpha value is -0.160. The van der Waals surface area contributed by atoms with Crippen molar-refractivity contribution in [2.24, 2.45) is 5.84 Å². The van der Waals surface area contributed by atoms with Gasteiger partial charge in [-0.1, -0.05) is 0 Å². The predicted molar refractivity (Wildman–Crippen MR) is 48.7 cm³/mol. The van der Waals surface area contributed by atoms with E-state index >= 15 is 0 Å². The van der Waals surface area contributed by atoms with Crippen molar-refractivity contribution in [3.05, 3.63) is 0 Å². The average Bonchev–Trinajstić information content (AvgIpc) is 2.11. The minimum Gasteiger partial charge on any atom is -0.385 e. The molecule has 0 aliphatic carbocycles. The number of methoxy groups -OCH3 is 1. The van der Waals surface area contributed by atoms with Crippen LogP contribution < -0.4 is 11.3 Å². The summed E-state index contributed by atoms with van der Waals surface area (Å²) in [6.45, 7) is 4.17. The topological polar surface area (TPSA) is 56.5 Å². The Morgan fingerprint density at radius 3 is 2.75 bits per heavy atom. The van der Waals surface area contributed by atoms with Gasteiger partial charge in [0.05, 0.1) is 6.61 Å². The number of nitrogens with one attached hydrogen (secondary N) is 1. The van der Waals surface area contributed by atoms with Gasteiger partial charge < -0.3 is 9.47 Å². The maximum Gasteiger partial charge on any atom is 0.0632 e. The molecule has 0 spiro atoms. The van der Waals surface area contributed by atoms with Crippen LogP contribution in [0.5, 0.6) is 0 Å². The maximum absolute atomic E-state index is 5.32. The van der Waals surface area contributed by atoms with Gasteiger partial charge in [-0.2, -0.15) is 0 Å². The lowest BCUT2D eigenvalue weighted by atomic mass is 10.2. The van der Waals surface area contributed by atoms with Gasteiger partial charge in [-0.15, -0.1) is 0 Å². The molecule has 0 aromatic rings. The quantitative estimate of drug-likeness (QED) is 0.317. The third kappa shape index (κ3) is 6.54. The van der Waals surface area contributed by atoms with Gasteiger partial charge >= 0.3 is 0 Å². The fourth-order valence-corrected chi connectivity index (χ4v) is 0.949. The zero-order valence-electron chi connectivity index (χ0n) is 8.01. The highest BCUT2D eigenvalue weighted by atomic mass is 16.5. The maximum atomic E-state index is 5.32. The predicted octanol–water partition coefficient (Wildman–Crippen LogP) is 0.281. The Labute approximate surface area is 74.4 Å². The molecule has 1 unspecified atom stereocenters. The second kappa shape index (κ2) is 8.93. The molecule has 0 fully saturated rings. The monoisotopic (exact) mass is 176 g/mol. The molecule has 12 heavy (non-hydrogen) atoms. The summed E-state index contributed by atoms with van der Waals surface area (Å²) in [5.41, 5.74) is 2.72. The lowest BCUT2D eigenvalue weighted by Crippen LogP contribution is -2.38. The van der Waals surface area contributed by atoms with E-state index in [2.05, 4.69) is 5.43 Å². The molecule has 4 heteroatoms. The molecule has 0 aliphatic heterocycles. The molecular weight excluding hydrogens is 156 g/mol. The van der Waals surface area contributed by atoms with Crippen LogP contribution in [0.1, 0.15) is 19.8 Å². The van der Waals surface area contributed by atoms with E-state index in [1.807, 2.05) is 6.92 Å². The molecule has 74 valence electrons. The number of hydrogen-bond donors (Lipinski definition) is 2. The molecule has 4 nitrogen and oxygen atoms in total. The highest BCUT2D eigenvalue weighted by Gasteiger charge is 2.04. The van der Waals surface area contributed by atoms with E-state index in [4.69, 9.17) is 15.3 Å². The van der Waals surface area contributed by atoms with Crippen molar-refractivity contribution >= 4 is 0 Å². The van der Waals surface area contributed by atoms with Crippen molar-refractivity contribution < 1.29 is 9.47 Å². The zero-order chi connectivity index (χ0) is 9.23. The summed E-state index contributed by atoms with van der Waals surface area (Å²) in [5, 5.41) is 0. The molecule has 3 N–H and O–H groups in total. The molecular formula is C8H20N2O2. The van der Waals surface area contributed by atoms with Gasteiger partial charge in [0.1, 0.15) is 0 Å². The Kier molecular flexibility index (Phi) is 8.81. The molecule has 0 aromatic carbocycles. The van der Waals surface area contributed by atoms with Crippen LogP contribution in [-0.2, 0) is 9.47 Å². The van der Waals surface area contributed by atoms with Crippen molar-refractivity contribution in [2.75, 3.05) is 26.9 Å². The van der Waals surface area contributed by atoms with Gasteiger partial charge in [-0.25, -0.2) is 0 Å². The second-order valence-corrected chi connectivity index (χ2v) is 2.66. The minimum absolute atomic E-state index is 0.250. The van der Waals surface area contributed by atoms with E-state index in [1.54, 1.807) is 7.11 Å². The van der Waals surface area contributed by atoms with E-state index < -0.39 is 0 Å². The first-order valence-electron chi connectivity index (χ1n) is 4.38. The van der Waals surface area contributed by atoms with Crippen molar-refractivity contribution in [1.29, 1.82) is 0 Å². The van der Waals surface area contributed by atoms with E-state index in [0.717, 1.165) is 26.1 Å². The summed E-state index contributed by atoms with van der Waals surface area (Å²) in [5.74, 6) is 5.32. The molecule has 0 amide bonds. The van der Waals surface area contributed by atoms with Crippen molar-refractivity contribution in [3.8, 4) is 0 Å². The molecule has 0 saturated carbocycles. The normalized spacial score (nSPS) is 13.2. The summed E-state index contributed by atoms with van der Waals surface area (Å²) in [7, 11) is 1.70. The van der Waals surface area contributed by atoms with Crippen LogP contribution in [0.4, 0.5) is 0 Å². The van der Waals surface area contributed by atoms with Crippen molar-refractivity contribution in [2.45, 2.75) is 25.8 Å².